The molecule has 5 nitrogen and oxygen atoms in total. The first-order chi connectivity index (χ1) is 10.9. The van der Waals surface area contributed by atoms with E-state index in [9.17, 15) is 13.2 Å². The summed E-state index contributed by atoms with van der Waals surface area (Å²) in [7, 11) is -3.77. The van der Waals surface area contributed by atoms with Gasteiger partial charge in [0.15, 0.2) is 0 Å². The van der Waals surface area contributed by atoms with E-state index in [1.807, 2.05) is 13.0 Å². The van der Waals surface area contributed by atoms with Gasteiger partial charge in [0.05, 0.1) is 5.69 Å². The monoisotopic (exact) mass is 353 g/mol. The van der Waals surface area contributed by atoms with Crippen LogP contribution < -0.4 is 4.31 Å². The Labute approximate surface area is 140 Å². The van der Waals surface area contributed by atoms with E-state index in [-0.39, 0.29) is 9.09 Å². The molecule has 7 heteroatoms. The number of aryl methyl sites for hydroxylation is 1. The number of carboxylic acid groups (broad SMARTS) is 1. The van der Waals surface area contributed by atoms with Crippen molar-refractivity contribution < 1.29 is 18.3 Å². The molecule has 2 aromatic rings. The number of aromatic carboxylic acids is 1. The molecule has 2 rings (SSSR count). The van der Waals surface area contributed by atoms with Crippen LogP contribution in [0.1, 0.15) is 35.0 Å². The van der Waals surface area contributed by atoms with Crippen molar-refractivity contribution in [1.29, 1.82) is 0 Å². The summed E-state index contributed by atoms with van der Waals surface area (Å²) in [5.74, 6) is -1.10. The van der Waals surface area contributed by atoms with Crippen molar-refractivity contribution in [2.75, 3.05) is 10.8 Å². The topological polar surface area (TPSA) is 74.7 Å². The minimum absolute atomic E-state index is 0.0621. The van der Waals surface area contributed by atoms with Crippen molar-refractivity contribution in [2.45, 2.75) is 30.9 Å². The highest BCUT2D eigenvalue weighted by Gasteiger charge is 2.28. The zero-order valence-electron chi connectivity index (χ0n) is 13.0. The van der Waals surface area contributed by atoms with Gasteiger partial charge in [0.2, 0.25) is 0 Å². The number of para-hydroxylation sites is 1. The summed E-state index contributed by atoms with van der Waals surface area (Å²) in [6.07, 6.45) is 1.59. The standard InChI is InChI=1S/C16H19NO4S2/c1-3-4-10-17(13-8-6-5-7-9-13)23(20,21)14-11-12(2)15(22-14)16(18)19/h5-9,11H,3-4,10H2,1-2H3,(H,18,19). The molecule has 0 aliphatic carbocycles. The molecule has 0 amide bonds. The van der Waals surface area contributed by atoms with Gasteiger partial charge in [-0.15, -0.1) is 11.3 Å². The summed E-state index contributed by atoms with van der Waals surface area (Å²) in [6, 6.07) is 10.3. The van der Waals surface area contributed by atoms with Crippen LogP contribution in [0, 0.1) is 6.92 Å². The molecule has 0 aliphatic rings. The van der Waals surface area contributed by atoms with E-state index in [0.29, 0.717) is 17.8 Å². The molecule has 0 saturated heterocycles. The Balaban J connectivity index is 2.48. The Kier molecular flexibility index (Phi) is 5.43. The molecule has 0 unspecified atom stereocenters. The summed E-state index contributed by atoms with van der Waals surface area (Å²) >= 11 is 0.802. The molecule has 0 fully saturated rings. The number of thiophene rings is 1. The van der Waals surface area contributed by atoms with Gasteiger partial charge in [-0.25, -0.2) is 13.2 Å². The number of anilines is 1. The highest BCUT2D eigenvalue weighted by Crippen LogP contribution is 2.31. The van der Waals surface area contributed by atoms with E-state index in [0.717, 1.165) is 24.2 Å². The number of carboxylic acids is 1. The highest BCUT2D eigenvalue weighted by molar-refractivity contribution is 7.94. The van der Waals surface area contributed by atoms with Crippen molar-refractivity contribution in [1.82, 2.24) is 0 Å². The number of nitrogens with zero attached hydrogens (tertiary/aromatic N) is 1. The molecule has 0 bridgehead atoms. The van der Waals surface area contributed by atoms with E-state index >= 15 is 0 Å². The zero-order valence-corrected chi connectivity index (χ0v) is 14.7. The van der Waals surface area contributed by atoms with Crippen molar-refractivity contribution in [2.24, 2.45) is 0 Å². The summed E-state index contributed by atoms with van der Waals surface area (Å²) in [5.41, 5.74) is 1.05. The Morgan fingerprint density at radius 3 is 2.43 bits per heavy atom. The lowest BCUT2D eigenvalue weighted by Crippen LogP contribution is -2.31. The second kappa shape index (κ2) is 7.14. The number of hydrogen-bond donors (Lipinski definition) is 1. The van der Waals surface area contributed by atoms with Crippen LogP contribution in [0.25, 0.3) is 0 Å². The average molecular weight is 353 g/mol. The quantitative estimate of drug-likeness (QED) is 0.822. The Morgan fingerprint density at radius 1 is 1.26 bits per heavy atom. The Bertz CT molecular complexity index is 782. The number of rotatable bonds is 7. The summed E-state index contributed by atoms with van der Waals surface area (Å²) < 4.78 is 27.4. The van der Waals surface area contributed by atoms with Crippen LogP contribution in [-0.4, -0.2) is 26.0 Å². The Morgan fingerprint density at radius 2 is 1.91 bits per heavy atom. The molecular formula is C16H19NO4S2. The fraction of sp³-hybridized carbons (Fsp3) is 0.312. The molecule has 0 aliphatic heterocycles. The molecule has 23 heavy (non-hydrogen) atoms. The molecule has 124 valence electrons. The maximum absolute atomic E-state index is 13.0. The van der Waals surface area contributed by atoms with Gasteiger partial charge in [-0.05, 0) is 37.1 Å². The largest absolute Gasteiger partial charge is 0.477 e. The van der Waals surface area contributed by atoms with Gasteiger partial charge < -0.3 is 5.11 Å². The first-order valence-corrected chi connectivity index (χ1v) is 9.55. The number of benzene rings is 1. The van der Waals surface area contributed by atoms with Crippen LogP contribution in [-0.2, 0) is 10.0 Å². The normalized spacial score (nSPS) is 11.4. The lowest BCUT2D eigenvalue weighted by atomic mass is 10.3. The lowest BCUT2D eigenvalue weighted by molar-refractivity contribution is 0.0701. The first kappa shape index (κ1) is 17.5. The fourth-order valence-corrected chi connectivity index (χ4v) is 5.18. The third-order valence-electron chi connectivity index (χ3n) is 3.39. The van der Waals surface area contributed by atoms with Crippen LogP contribution in [0.2, 0.25) is 0 Å². The van der Waals surface area contributed by atoms with Gasteiger partial charge in [0, 0.05) is 6.54 Å². The minimum Gasteiger partial charge on any atom is -0.477 e. The second-order valence-corrected chi connectivity index (χ2v) is 8.29. The Hall–Kier alpha value is -1.86. The predicted molar refractivity (Wildman–Crippen MR) is 91.9 cm³/mol. The average Bonchev–Trinajstić information content (AvgIpc) is 2.91. The van der Waals surface area contributed by atoms with Crippen LogP contribution in [0.4, 0.5) is 5.69 Å². The third kappa shape index (κ3) is 3.73. The van der Waals surface area contributed by atoms with Gasteiger partial charge in [-0.3, -0.25) is 4.31 Å². The molecule has 0 spiro atoms. The highest BCUT2D eigenvalue weighted by atomic mass is 32.2. The second-order valence-electron chi connectivity index (χ2n) is 5.15. The number of unbranched alkanes of at least 4 members (excludes halogenated alkanes) is 1. The van der Waals surface area contributed by atoms with E-state index in [1.165, 1.54) is 10.4 Å². The van der Waals surface area contributed by atoms with Gasteiger partial charge in [0.1, 0.15) is 9.09 Å². The van der Waals surface area contributed by atoms with Crippen LogP contribution in [0.3, 0.4) is 0 Å². The zero-order chi connectivity index (χ0) is 17.0. The van der Waals surface area contributed by atoms with Crippen LogP contribution in [0.5, 0.6) is 0 Å². The third-order valence-corrected chi connectivity index (χ3v) is 6.89. The maximum Gasteiger partial charge on any atom is 0.346 e. The molecular weight excluding hydrogens is 334 g/mol. The van der Waals surface area contributed by atoms with Gasteiger partial charge in [-0.1, -0.05) is 31.5 Å². The summed E-state index contributed by atoms with van der Waals surface area (Å²) in [4.78, 5) is 11.2. The van der Waals surface area contributed by atoms with Crippen molar-refractivity contribution in [3.8, 4) is 0 Å². The van der Waals surface area contributed by atoms with Crippen molar-refractivity contribution >= 4 is 33.0 Å². The maximum atomic E-state index is 13.0. The molecule has 1 aromatic carbocycles. The van der Waals surface area contributed by atoms with E-state index in [4.69, 9.17) is 5.11 Å². The van der Waals surface area contributed by atoms with Crippen LogP contribution in [0.15, 0.2) is 40.6 Å². The smallest absolute Gasteiger partial charge is 0.346 e. The van der Waals surface area contributed by atoms with Gasteiger partial charge in [0.25, 0.3) is 10.0 Å². The molecule has 1 heterocycles. The summed E-state index contributed by atoms with van der Waals surface area (Å²) in [6.45, 7) is 3.97. The van der Waals surface area contributed by atoms with Crippen molar-refractivity contribution in [3.05, 3.63) is 46.8 Å². The number of sulfonamides is 1. The molecule has 0 saturated carbocycles. The minimum atomic E-state index is -3.77. The van der Waals surface area contributed by atoms with E-state index < -0.39 is 16.0 Å². The fourth-order valence-electron chi connectivity index (χ4n) is 2.18. The van der Waals surface area contributed by atoms with E-state index in [2.05, 4.69) is 0 Å². The SMILES string of the molecule is CCCCN(c1ccccc1)S(=O)(=O)c1cc(C)c(C(=O)O)s1. The predicted octanol–water partition coefficient (Wildman–Crippen LogP) is 3.75. The first-order valence-electron chi connectivity index (χ1n) is 7.29. The van der Waals surface area contributed by atoms with Gasteiger partial charge >= 0.3 is 5.97 Å². The summed E-state index contributed by atoms with van der Waals surface area (Å²) in [5, 5.41) is 9.14. The van der Waals surface area contributed by atoms with Crippen molar-refractivity contribution in [3.63, 3.8) is 0 Å². The van der Waals surface area contributed by atoms with Crippen LogP contribution >= 0.6 is 11.3 Å². The van der Waals surface area contributed by atoms with E-state index in [1.54, 1.807) is 31.2 Å². The molecule has 0 atom stereocenters. The molecule has 0 radical (unpaired) electrons. The molecule has 1 aromatic heterocycles. The number of hydrogen-bond acceptors (Lipinski definition) is 4. The number of carbonyl (C=O) groups is 1. The molecule has 1 N–H and O–H groups in total. The lowest BCUT2D eigenvalue weighted by Gasteiger charge is -2.23. The van der Waals surface area contributed by atoms with Gasteiger partial charge in [-0.2, -0.15) is 0 Å².